The molecule has 10 heteroatoms. The molecule has 1 atom stereocenters. The van der Waals surface area contributed by atoms with Crippen LogP contribution in [0.15, 0.2) is 53.5 Å². The van der Waals surface area contributed by atoms with Gasteiger partial charge in [-0.25, -0.2) is 8.78 Å². The molecule has 172 valence electrons. The van der Waals surface area contributed by atoms with Crippen molar-refractivity contribution in [2.45, 2.75) is 19.9 Å². The monoisotopic (exact) mass is 457 g/mol. The second-order valence-corrected chi connectivity index (χ2v) is 7.14. The Morgan fingerprint density at radius 3 is 2.52 bits per heavy atom. The van der Waals surface area contributed by atoms with Crippen molar-refractivity contribution >= 4 is 29.5 Å². The number of nitrogens with zero attached hydrogens (tertiary/aromatic N) is 2. The highest BCUT2D eigenvalue weighted by atomic mass is 19.1. The molecular formula is C23H21F2N3O5. The molecule has 1 unspecified atom stereocenters. The fourth-order valence-electron chi connectivity index (χ4n) is 3.24. The maximum Gasteiger partial charge on any atom is 0.325 e. The third-order valence-electron chi connectivity index (χ3n) is 4.83. The van der Waals surface area contributed by atoms with Gasteiger partial charge in [0.25, 0.3) is 11.8 Å². The Balaban J connectivity index is 1.89. The zero-order valence-electron chi connectivity index (χ0n) is 17.7. The lowest BCUT2D eigenvalue weighted by Gasteiger charge is -2.30. The number of rotatable bonds is 8. The number of carbonyl (C=O) groups is 4. The molecule has 1 aliphatic rings. The Bertz CT molecular complexity index is 1100. The van der Waals surface area contributed by atoms with Crippen LogP contribution in [0.4, 0.5) is 8.78 Å². The first-order valence-electron chi connectivity index (χ1n) is 10.1. The lowest BCUT2D eigenvalue weighted by molar-refractivity contribution is -0.149. The predicted octanol–water partition coefficient (Wildman–Crippen LogP) is 1.77. The summed E-state index contributed by atoms with van der Waals surface area (Å²) < 4.78 is 32.2. The molecule has 3 rings (SSSR count). The predicted molar refractivity (Wildman–Crippen MR) is 113 cm³/mol. The Kier molecular flexibility index (Phi) is 7.60. The van der Waals surface area contributed by atoms with Gasteiger partial charge in [-0.05, 0) is 24.1 Å². The largest absolute Gasteiger partial charge is 0.465 e. The van der Waals surface area contributed by atoms with E-state index in [-0.39, 0.29) is 31.0 Å². The van der Waals surface area contributed by atoms with Gasteiger partial charge in [-0.2, -0.15) is 4.99 Å². The molecule has 0 aliphatic carbocycles. The molecule has 0 bridgehead atoms. The highest BCUT2D eigenvalue weighted by molar-refractivity contribution is 6.25. The number of ether oxygens (including phenoxy) is 1. The number of amidine groups is 1. The first-order chi connectivity index (χ1) is 15.8. The summed E-state index contributed by atoms with van der Waals surface area (Å²) in [7, 11) is 0. The summed E-state index contributed by atoms with van der Waals surface area (Å²) in [4.78, 5) is 54.8. The molecule has 3 amide bonds. The molecule has 0 saturated heterocycles. The summed E-state index contributed by atoms with van der Waals surface area (Å²) in [6.07, 6.45) is -0.270. The maximum atomic E-state index is 14.2. The van der Waals surface area contributed by atoms with Gasteiger partial charge < -0.3 is 10.1 Å². The van der Waals surface area contributed by atoms with Gasteiger partial charge in [0.05, 0.1) is 13.2 Å². The van der Waals surface area contributed by atoms with E-state index in [0.717, 1.165) is 11.0 Å². The molecular weight excluding hydrogens is 436 g/mol. The lowest BCUT2D eigenvalue weighted by Crippen LogP contribution is -2.53. The normalized spacial score (nSPS) is 15.8. The van der Waals surface area contributed by atoms with E-state index in [2.05, 4.69) is 10.3 Å². The third-order valence-corrected chi connectivity index (χ3v) is 4.83. The first-order valence-corrected chi connectivity index (χ1v) is 10.1. The Hall–Kier alpha value is -3.95. The SMILES string of the molecule is CCOC(=O)CNC(=O)C1C(=O)N=C(Cc2ccc(F)cc2F)N(Cc2ccccc2)C1=O. The number of nitrogens with one attached hydrogen (secondary N) is 1. The number of halogens is 2. The van der Waals surface area contributed by atoms with Crippen LogP contribution in [0.25, 0.3) is 0 Å². The van der Waals surface area contributed by atoms with E-state index in [0.29, 0.717) is 11.6 Å². The van der Waals surface area contributed by atoms with Gasteiger partial charge in [0.2, 0.25) is 5.91 Å². The molecule has 0 radical (unpaired) electrons. The van der Waals surface area contributed by atoms with Crippen molar-refractivity contribution in [1.29, 1.82) is 0 Å². The summed E-state index contributed by atoms with van der Waals surface area (Å²) >= 11 is 0. The average Bonchev–Trinajstić information content (AvgIpc) is 2.77. The van der Waals surface area contributed by atoms with Crippen LogP contribution in [0.5, 0.6) is 0 Å². The van der Waals surface area contributed by atoms with Crippen LogP contribution in [-0.2, 0) is 36.9 Å². The van der Waals surface area contributed by atoms with Crippen molar-refractivity contribution in [1.82, 2.24) is 10.2 Å². The van der Waals surface area contributed by atoms with E-state index in [1.165, 1.54) is 6.07 Å². The average molecular weight is 457 g/mol. The highest BCUT2D eigenvalue weighted by Crippen LogP contribution is 2.21. The number of carbonyl (C=O) groups excluding carboxylic acids is 4. The fraction of sp³-hybridized carbons (Fsp3) is 0.261. The van der Waals surface area contributed by atoms with E-state index < -0.39 is 47.8 Å². The second-order valence-electron chi connectivity index (χ2n) is 7.14. The van der Waals surface area contributed by atoms with Crippen LogP contribution in [-0.4, -0.2) is 47.6 Å². The van der Waals surface area contributed by atoms with Crippen molar-refractivity contribution in [3.05, 3.63) is 71.3 Å². The van der Waals surface area contributed by atoms with Crippen molar-refractivity contribution in [2.75, 3.05) is 13.2 Å². The topological polar surface area (TPSA) is 105 Å². The minimum absolute atomic E-state index is 0.0269. The molecule has 0 spiro atoms. The van der Waals surface area contributed by atoms with Crippen LogP contribution in [0.2, 0.25) is 0 Å². The summed E-state index contributed by atoms with van der Waals surface area (Å²) in [6, 6.07) is 11.7. The Labute approximate surface area is 188 Å². The van der Waals surface area contributed by atoms with Crippen LogP contribution in [0.3, 0.4) is 0 Å². The van der Waals surface area contributed by atoms with Crippen LogP contribution in [0, 0.1) is 17.6 Å². The molecule has 1 heterocycles. The lowest BCUT2D eigenvalue weighted by atomic mass is 10.0. The maximum absolute atomic E-state index is 14.2. The molecule has 0 saturated carbocycles. The van der Waals surface area contributed by atoms with E-state index in [4.69, 9.17) is 4.74 Å². The minimum atomic E-state index is -1.80. The van der Waals surface area contributed by atoms with Crippen LogP contribution < -0.4 is 5.32 Å². The van der Waals surface area contributed by atoms with Gasteiger partial charge in [0.1, 0.15) is 24.0 Å². The molecule has 8 nitrogen and oxygen atoms in total. The van der Waals surface area contributed by atoms with Crippen molar-refractivity contribution in [2.24, 2.45) is 10.9 Å². The summed E-state index contributed by atoms with van der Waals surface area (Å²) in [5.74, 6) is -7.12. The Morgan fingerprint density at radius 2 is 1.85 bits per heavy atom. The summed E-state index contributed by atoms with van der Waals surface area (Å²) in [5, 5.41) is 2.21. The van der Waals surface area contributed by atoms with E-state index in [9.17, 15) is 28.0 Å². The quantitative estimate of drug-likeness (QED) is 0.481. The smallest absolute Gasteiger partial charge is 0.325 e. The van der Waals surface area contributed by atoms with Gasteiger partial charge in [0, 0.05) is 12.5 Å². The zero-order valence-corrected chi connectivity index (χ0v) is 17.7. The molecule has 1 N–H and O–H groups in total. The molecule has 33 heavy (non-hydrogen) atoms. The molecule has 0 fully saturated rings. The highest BCUT2D eigenvalue weighted by Gasteiger charge is 2.42. The van der Waals surface area contributed by atoms with Gasteiger partial charge in [-0.1, -0.05) is 36.4 Å². The zero-order chi connectivity index (χ0) is 24.0. The number of amides is 3. The number of benzene rings is 2. The number of esters is 1. The van der Waals surface area contributed by atoms with Crippen molar-refractivity contribution in [3.63, 3.8) is 0 Å². The van der Waals surface area contributed by atoms with Gasteiger partial charge in [-0.3, -0.25) is 24.1 Å². The molecule has 2 aromatic carbocycles. The molecule has 1 aliphatic heterocycles. The van der Waals surface area contributed by atoms with Gasteiger partial charge >= 0.3 is 5.97 Å². The van der Waals surface area contributed by atoms with E-state index in [1.54, 1.807) is 37.3 Å². The standard InChI is InChI=1S/C23H21F2N3O5/c1-2-33-19(29)12-26-21(30)20-22(31)27-18(10-15-8-9-16(24)11-17(15)25)28(23(20)32)13-14-6-4-3-5-7-14/h3-9,11,20H,2,10,12-13H2,1H3,(H,26,30). The van der Waals surface area contributed by atoms with Crippen molar-refractivity contribution < 1.29 is 32.7 Å². The van der Waals surface area contributed by atoms with E-state index in [1.807, 2.05) is 0 Å². The number of hydrogen-bond acceptors (Lipinski definition) is 5. The van der Waals surface area contributed by atoms with Gasteiger partial charge in [0.15, 0.2) is 5.92 Å². The molecule has 0 aromatic heterocycles. The number of aliphatic imine (C=N–C) groups is 1. The van der Waals surface area contributed by atoms with Crippen LogP contribution >= 0.6 is 0 Å². The van der Waals surface area contributed by atoms with E-state index >= 15 is 0 Å². The fourth-order valence-corrected chi connectivity index (χ4v) is 3.24. The first kappa shape index (κ1) is 23.7. The van der Waals surface area contributed by atoms with Crippen LogP contribution in [0.1, 0.15) is 18.1 Å². The summed E-state index contributed by atoms with van der Waals surface area (Å²) in [6.45, 7) is 1.15. The van der Waals surface area contributed by atoms with Crippen molar-refractivity contribution in [3.8, 4) is 0 Å². The minimum Gasteiger partial charge on any atom is -0.465 e. The van der Waals surface area contributed by atoms with Gasteiger partial charge in [-0.15, -0.1) is 0 Å². The molecule has 2 aromatic rings. The Morgan fingerprint density at radius 1 is 1.12 bits per heavy atom. The third kappa shape index (κ3) is 5.85. The number of hydrogen-bond donors (Lipinski definition) is 1. The summed E-state index contributed by atoms with van der Waals surface area (Å²) in [5.41, 5.74) is 0.706. The second kappa shape index (κ2) is 10.6.